The van der Waals surface area contributed by atoms with Gasteiger partial charge in [-0.3, -0.25) is 9.80 Å². The Hall–Kier alpha value is -0.120. The molecular formula is C18H35N3. The second-order valence-corrected chi connectivity index (χ2v) is 7.89. The molecule has 2 saturated heterocycles. The van der Waals surface area contributed by atoms with Crippen LogP contribution in [-0.2, 0) is 0 Å². The lowest BCUT2D eigenvalue weighted by Gasteiger charge is -2.52. The van der Waals surface area contributed by atoms with Crippen molar-refractivity contribution in [3.05, 3.63) is 0 Å². The molecule has 1 saturated carbocycles. The van der Waals surface area contributed by atoms with Gasteiger partial charge in [-0.15, -0.1) is 0 Å². The van der Waals surface area contributed by atoms with E-state index in [9.17, 15) is 0 Å². The van der Waals surface area contributed by atoms with Gasteiger partial charge in [0.05, 0.1) is 0 Å². The first-order chi connectivity index (χ1) is 10.2. The predicted molar refractivity (Wildman–Crippen MR) is 89.6 cm³/mol. The van der Waals surface area contributed by atoms with Crippen molar-refractivity contribution in [2.45, 2.75) is 71.0 Å². The summed E-state index contributed by atoms with van der Waals surface area (Å²) >= 11 is 0. The van der Waals surface area contributed by atoms with E-state index in [4.69, 9.17) is 0 Å². The Kier molecular flexibility index (Phi) is 5.23. The van der Waals surface area contributed by atoms with Gasteiger partial charge in [-0.2, -0.15) is 0 Å². The fraction of sp³-hybridized carbons (Fsp3) is 1.00. The first-order valence-electron chi connectivity index (χ1n) is 9.40. The Morgan fingerprint density at radius 2 is 1.81 bits per heavy atom. The molecule has 3 nitrogen and oxygen atoms in total. The quantitative estimate of drug-likeness (QED) is 0.863. The molecule has 5 atom stereocenters. The summed E-state index contributed by atoms with van der Waals surface area (Å²) in [6.45, 7) is 13.6. The molecule has 0 bridgehead atoms. The average Bonchev–Trinajstić information content (AvgIpc) is 2.46. The van der Waals surface area contributed by atoms with Gasteiger partial charge < -0.3 is 5.32 Å². The minimum absolute atomic E-state index is 0.712. The Bertz CT molecular complexity index is 332. The van der Waals surface area contributed by atoms with Gasteiger partial charge in [0.1, 0.15) is 0 Å². The summed E-state index contributed by atoms with van der Waals surface area (Å²) in [5.41, 5.74) is 0. The number of hydrogen-bond donors (Lipinski definition) is 1. The Morgan fingerprint density at radius 3 is 2.62 bits per heavy atom. The summed E-state index contributed by atoms with van der Waals surface area (Å²) in [6, 6.07) is 2.33. The van der Waals surface area contributed by atoms with E-state index >= 15 is 0 Å². The Balaban J connectivity index is 1.68. The van der Waals surface area contributed by atoms with E-state index in [0.717, 1.165) is 30.5 Å². The molecule has 0 aromatic carbocycles. The minimum atomic E-state index is 0.712. The summed E-state index contributed by atoms with van der Waals surface area (Å²) in [4.78, 5) is 5.62. The predicted octanol–water partition coefficient (Wildman–Crippen LogP) is 2.57. The highest BCUT2D eigenvalue weighted by Crippen LogP contribution is 2.34. The molecule has 5 unspecified atom stereocenters. The molecule has 1 N–H and O–H groups in total. The molecule has 0 aromatic rings. The summed E-state index contributed by atoms with van der Waals surface area (Å²) in [5.74, 6) is 1.73. The van der Waals surface area contributed by atoms with Crippen molar-refractivity contribution in [2.24, 2.45) is 11.8 Å². The normalized spacial score (nSPS) is 42.7. The van der Waals surface area contributed by atoms with Crippen molar-refractivity contribution in [3.63, 3.8) is 0 Å². The maximum atomic E-state index is 3.81. The zero-order valence-corrected chi connectivity index (χ0v) is 14.4. The SMILES string of the molecule is CCNC1CC(C)CC(C)C1N1CCN2CCCCC2C1. The van der Waals surface area contributed by atoms with Crippen LogP contribution in [-0.4, -0.2) is 60.6 Å². The van der Waals surface area contributed by atoms with Crippen LogP contribution in [0.3, 0.4) is 0 Å². The molecule has 122 valence electrons. The third-order valence-corrected chi connectivity index (χ3v) is 6.18. The van der Waals surface area contributed by atoms with Gasteiger partial charge in [-0.25, -0.2) is 0 Å². The van der Waals surface area contributed by atoms with Crippen LogP contribution in [0.25, 0.3) is 0 Å². The first-order valence-corrected chi connectivity index (χ1v) is 9.40. The van der Waals surface area contributed by atoms with E-state index in [1.54, 1.807) is 0 Å². The second-order valence-electron chi connectivity index (χ2n) is 7.89. The number of nitrogens with one attached hydrogen (secondary N) is 1. The number of hydrogen-bond acceptors (Lipinski definition) is 3. The standard InChI is InChI=1S/C18H35N3/c1-4-19-17-12-14(2)11-15(3)18(17)21-10-9-20-8-6-5-7-16(20)13-21/h14-19H,4-13H2,1-3H3. The van der Waals surface area contributed by atoms with Crippen LogP contribution >= 0.6 is 0 Å². The van der Waals surface area contributed by atoms with Crippen molar-refractivity contribution in [3.8, 4) is 0 Å². The van der Waals surface area contributed by atoms with Crippen LogP contribution in [0.5, 0.6) is 0 Å². The zero-order chi connectivity index (χ0) is 14.8. The monoisotopic (exact) mass is 293 g/mol. The number of piperazine rings is 1. The molecular weight excluding hydrogens is 258 g/mol. The molecule has 3 aliphatic rings. The Labute approximate surface area is 131 Å². The fourth-order valence-electron chi connectivity index (χ4n) is 5.37. The van der Waals surface area contributed by atoms with Crippen LogP contribution in [0.15, 0.2) is 0 Å². The number of piperidine rings is 1. The molecule has 3 rings (SSSR count). The number of nitrogens with zero attached hydrogens (tertiary/aromatic N) is 2. The van der Waals surface area contributed by atoms with E-state index in [1.807, 2.05) is 0 Å². The summed E-state index contributed by atoms with van der Waals surface area (Å²) in [6.07, 6.45) is 7.09. The second kappa shape index (κ2) is 6.97. The Morgan fingerprint density at radius 1 is 1.00 bits per heavy atom. The molecule has 21 heavy (non-hydrogen) atoms. The van der Waals surface area contributed by atoms with Crippen LogP contribution in [0, 0.1) is 11.8 Å². The molecule has 0 spiro atoms. The van der Waals surface area contributed by atoms with Crippen molar-refractivity contribution in [1.29, 1.82) is 0 Å². The van der Waals surface area contributed by atoms with Crippen LogP contribution in [0.2, 0.25) is 0 Å². The van der Waals surface area contributed by atoms with Crippen LogP contribution < -0.4 is 5.32 Å². The largest absolute Gasteiger partial charge is 0.313 e. The van der Waals surface area contributed by atoms with Gasteiger partial charge in [-0.1, -0.05) is 27.2 Å². The van der Waals surface area contributed by atoms with Crippen molar-refractivity contribution >= 4 is 0 Å². The van der Waals surface area contributed by atoms with E-state index in [-0.39, 0.29) is 0 Å². The maximum absolute atomic E-state index is 3.81. The van der Waals surface area contributed by atoms with Gasteiger partial charge >= 0.3 is 0 Å². The third-order valence-electron chi connectivity index (χ3n) is 6.18. The smallest absolute Gasteiger partial charge is 0.0276 e. The van der Waals surface area contributed by atoms with E-state index < -0.39 is 0 Å². The highest BCUT2D eigenvalue weighted by Gasteiger charge is 2.40. The highest BCUT2D eigenvalue weighted by molar-refractivity contribution is 4.97. The molecule has 1 aliphatic carbocycles. The topological polar surface area (TPSA) is 18.5 Å². The van der Waals surface area contributed by atoms with E-state index in [1.165, 1.54) is 58.3 Å². The summed E-state index contributed by atoms with van der Waals surface area (Å²) in [5, 5.41) is 3.81. The van der Waals surface area contributed by atoms with Crippen molar-refractivity contribution < 1.29 is 0 Å². The van der Waals surface area contributed by atoms with E-state index in [0.29, 0.717) is 6.04 Å². The van der Waals surface area contributed by atoms with Crippen molar-refractivity contribution in [1.82, 2.24) is 15.1 Å². The minimum Gasteiger partial charge on any atom is -0.313 e. The van der Waals surface area contributed by atoms with Gasteiger partial charge in [-0.05, 0) is 50.6 Å². The molecule has 3 heteroatoms. The number of fused-ring (bicyclic) bond motifs is 1. The van der Waals surface area contributed by atoms with Gasteiger partial charge in [0.2, 0.25) is 0 Å². The van der Waals surface area contributed by atoms with Crippen LogP contribution in [0.4, 0.5) is 0 Å². The molecule has 0 amide bonds. The van der Waals surface area contributed by atoms with Crippen molar-refractivity contribution in [2.75, 3.05) is 32.7 Å². The van der Waals surface area contributed by atoms with Gasteiger partial charge in [0.25, 0.3) is 0 Å². The average molecular weight is 293 g/mol. The molecule has 0 radical (unpaired) electrons. The summed E-state index contributed by atoms with van der Waals surface area (Å²) < 4.78 is 0. The summed E-state index contributed by atoms with van der Waals surface area (Å²) in [7, 11) is 0. The zero-order valence-electron chi connectivity index (χ0n) is 14.4. The first kappa shape index (κ1) is 15.8. The van der Waals surface area contributed by atoms with E-state index in [2.05, 4.69) is 35.9 Å². The fourth-order valence-corrected chi connectivity index (χ4v) is 5.37. The van der Waals surface area contributed by atoms with Gasteiger partial charge in [0.15, 0.2) is 0 Å². The lowest BCUT2D eigenvalue weighted by Crippen LogP contribution is -2.63. The number of rotatable bonds is 3. The molecule has 2 aliphatic heterocycles. The maximum Gasteiger partial charge on any atom is 0.0276 e. The lowest BCUT2D eigenvalue weighted by atomic mass is 9.75. The highest BCUT2D eigenvalue weighted by atomic mass is 15.3. The molecule has 0 aromatic heterocycles. The van der Waals surface area contributed by atoms with Crippen LogP contribution in [0.1, 0.15) is 52.9 Å². The lowest BCUT2D eigenvalue weighted by molar-refractivity contribution is -0.0136. The van der Waals surface area contributed by atoms with Gasteiger partial charge in [0, 0.05) is 37.8 Å². The third kappa shape index (κ3) is 3.46. The molecule has 2 heterocycles. The number of likely N-dealkylation sites (N-methyl/N-ethyl adjacent to an activating group) is 1. The molecule has 3 fully saturated rings.